The lowest BCUT2D eigenvalue weighted by atomic mass is 9.87. The largest absolute Gasteiger partial charge is 0.493 e. The number of ether oxygens (including phenoxy) is 1. The van der Waals surface area contributed by atoms with Gasteiger partial charge in [-0.25, -0.2) is 5.10 Å². The van der Waals surface area contributed by atoms with Crippen molar-refractivity contribution < 1.29 is 13.5 Å². The van der Waals surface area contributed by atoms with E-state index in [-0.39, 0.29) is 11.5 Å². The first-order chi connectivity index (χ1) is 20.5. The molecule has 6 rings (SSSR count). The van der Waals surface area contributed by atoms with Crippen molar-refractivity contribution in [3.05, 3.63) is 97.8 Å². The van der Waals surface area contributed by atoms with E-state index in [0.717, 1.165) is 78.9 Å². The Kier molecular flexibility index (Phi) is 9.10. The Labute approximate surface area is 260 Å². The molecule has 2 aliphatic rings. The molecule has 218 valence electrons. The number of allylic oxidation sites excluding steroid dienone is 1. The number of benzene rings is 3. The van der Waals surface area contributed by atoms with Crippen molar-refractivity contribution in [2.45, 2.75) is 32.1 Å². The van der Waals surface area contributed by atoms with E-state index < -0.39 is 0 Å². The first kappa shape index (κ1) is 29.1. The molecule has 1 N–H and O–H groups in total. The quantitative estimate of drug-likeness (QED) is 0.188. The van der Waals surface area contributed by atoms with Gasteiger partial charge in [0, 0.05) is 34.6 Å². The van der Waals surface area contributed by atoms with Crippen LogP contribution in [0.25, 0.3) is 22.6 Å². The van der Waals surface area contributed by atoms with E-state index >= 15 is 0 Å². The molecule has 4 aromatic rings. The summed E-state index contributed by atoms with van der Waals surface area (Å²) in [5.74, 6) is 1.79. The van der Waals surface area contributed by atoms with Crippen molar-refractivity contribution >= 4 is 46.6 Å². The number of nitrogens with zero attached hydrogens (tertiary/aromatic N) is 2. The molecular weight excluding hydrogens is 592 g/mol. The second kappa shape index (κ2) is 13.1. The molecule has 1 saturated heterocycles. The monoisotopic (exact) mass is 623 g/mol. The zero-order valence-electron chi connectivity index (χ0n) is 23.2. The minimum atomic E-state index is -0.256. The van der Waals surface area contributed by atoms with Gasteiger partial charge in [-0.3, -0.25) is 4.39 Å². The predicted molar refractivity (Wildman–Crippen MR) is 170 cm³/mol. The predicted octanol–water partition coefficient (Wildman–Crippen LogP) is 9.06. The summed E-state index contributed by atoms with van der Waals surface area (Å²) in [5.41, 5.74) is 7.66. The molecule has 42 heavy (non-hydrogen) atoms. The van der Waals surface area contributed by atoms with Crippen LogP contribution in [0.4, 0.5) is 4.39 Å². The number of aromatic nitrogens is 2. The van der Waals surface area contributed by atoms with Gasteiger partial charge in [-0.05, 0) is 121 Å². The third kappa shape index (κ3) is 6.50. The second-order valence-electron chi connectivity index (χ2n) is 11.0. The van der Waals surface area contributed by atoms with Crippen LogP contribution in [-0.4, -0.2) is 48.0 Å². The molecule has 5 nitrogen and oxygen atoms in total. The fourth-order valence-electron chi connectivity index (χ4n) is 6.07. The molecule has 0 bridgehead atoms. The number of fused-ring (bicyclic) bond motifs is 1. The molecule has 0 amide bonds. The van der Waals surface area contributed by atoms with E-state index in [1.165, 1.54) is 11.1 Å². The van der Waals surface area contributed by atoms with Gasteiger partial charge in [0.05, 0.1) is 13.3 Å². The number of rotatable bonds is 9. The van der Waals surface area contributed by atoms with Crippen LogP contribution in [0.5, 0.6) is 5.75 Å². The van der Waals surface area contributed by atoms with Crippen molar-refractivity contribution in [2.75, 3.05) is 32.9 Å². The summed E-state index contributed by atoms with van der Waals surface area (Å²) in [6.45, 7) is 3.21. The fraction of sp³-hybridized carbons (Fsp3) is 0.333. The Bertz CT molecular complexity index is 1650. The molecule has 1 aliphatic carbocycles. The third-order valence-corrected chi connectivity index (χ3v) is 8.82. The van der Waals surface area contributed by atoms with Crippen molar-refractivity contribution in [2.24, 2.45) is 5.92 Å². The lowest BCUT2D eigenvalue weighted by molar-refractivity contribution is 0.237. The standard InChI is InChI=1S/C33H32Cl2FN3O2S/c34-25-8-12-28(30(35)18-25)29-4-1-3-23-17-24(32-37-38-33(42)41-32)7-11-27(23)31(29)22-5-9-26(10-6-22)40-20-21-13-16-39(19-21)15-2-14-36/h5-12,17-18,21H,1-4,13-16,19-20H2,(H,38,42). The minimum Gasteiger partial charge on any atom is -0.493 e. The van der Waals surface area contributed by atoms with Crippen LogP contribution in [0.1, 0.15) is 47.9 Å². The van der Waals surface area contributed by atoms with E-state index in [2.05, 4.69) is 39.4 Å². The van der Waals surface area contributed by atoms with Gasteiger partial charge in [0.15, 0.2) is 0 Å². The maximum atomic E-state index is 12.6. The van der Waals surface area contributed by atoms with E-state index in [4.69, 9.17) is 44.6 Å². The van der Waals surface area contributed by atoms with Crippen LogP contribution < -0.4 is 4.74 Å². The highest BCUT2D eigenvalue weighted by Crippen LogP contribution is 2.43. The number of hydrogen-bond donors (Lipinski definition) is 1. The molecule has 2 heterocycles. The first-order valence-electron chi connectivity index (χ1n) is 14.4. The molecular formula is C33H32Cl2FN3O2S. The number of aromatic amines is 1. The van der Waals surface area contributed by atoms with Gasteiger partial charge in [-0.15, -0.1) is 5.10 Å². The number of nitrogens with one attached hydrogen (secondary N) is 1. The summed E-state index contributed by atoms with van der Waals surface area (Å²) < 4.78 is 24.4. The highest BCUT2D eigenvalue weighted by atomic mass is 35.5. The van der Waals surface area contributed by atoms with Gasteiger partial charge in [0.1, 0.15) is 5.75 Å². The SMILES string of the molecule is FCCCN1CCC(COc2ccc(C3=C(c4ccc(Cl)cc4Cl)CCCc4cc(-c5n[nH]c(=S)o5)ccc43)cc2)C1. The van der Waals surface area contributed by atoms with Crippen LogP contribution >= 0.6 is 35.4 Å². The second-order valence-corrected chi connectivity index (χ2v) is 12.2. The number of H-pyrrole nitrogens is 1. The van der Waals surface area contributed by atoms with E-state index in [1.807, 2.05) is 36.4 Å². The molecule has 1 aliphatic heterocycles. The molecule has 1 unspecified atom stereocenters. The highest BCUT2D eigenvalue weighted by molar-refractivity contribution is 7.71. The van der Waals surface area contributed by atoms with E-state index in [1.54, 1.807) is 0 Å². The number of aryl methyl sites for hydroxylation is 1. The zero-order valence-corrected chi connectivity index (χ0v) is 25.5. The average molecular weight is 625 g/mol. The Hall–Kier alpha value is -2.97. The van der Waals surface area contributed by atoms with E-state index in [9.17, 15) is 4.39 Å². The van der Waals surface area contributed by atoms with Crippen LogP contribution in [0.15, 0.2) is 65.1 Å². The van der Waals surface area contributed by atoms with Gasteiger partial charge < -0.3 is 14.1 Å². The Morgan fingerprint density at radius 2 is 1.83 bits per heavy atom. The van der Waals surface area contributed by atoms with Gasteiger partial charge in [0.25, 0.3) is 4.84 Å². The molecule has 9 heteroatoms. The normalized spacial score (nSPS) is 17.4. The maximum absolute atomic E-state index is 12.6. The summed E-state index contributed by atoms with van der Waals surface area (Å²) >= 11 is 18.1. The molecule has 1 aromatic heterocycles. The topological polar surface area (TPSA) is 54.3 Å². The highest BCUT2D eigenvalue weighted by Gasteiger charge is 2.24. The average Bonchev–Trinajstić information content (AvgIpc) is 3.59. The third-order valence-electron chi connectivity index (χ3n) is 8.10. The molecule has 0 radical (unpaired) electrons. The van der Waals surface area contributed by atoms with E-state index in [0.29, 0.717) is 34.9 Å². The fourth-order valence-corrected chi connectivity index (χ4v) is 6.72. The molecule has 0 saturated carbocycles. The summed E-state index contributed by atoms with van der Waals surface area (Å²) in [7, 11) is 0. The van der Waals surface area contributed by atoms with Gasteiger partial charge in [0.2, 0.25) is 5.89 Å². The molecule has 0 spiro atoms. The molecule has 1 fully saturated rings. The first-order valence-corrected chi connectivity index (χ1v) is 15.5. The van der Waals surface area contributed by atoms with Crippen molar-refractivity contribution in [1.82, 2.24) is 15.1 Å². The summed E-state index contributed by atoms with van der Waals surface area (Å²) in [6.07, 6.45) is 4.41. The molecule has 1 atom stereocenters. The summed E-state index contributed by atoms with van der Waals surface area (Å²) in [5, 5.41) is 8.19. The van der Waals surface area contributed by atoms with Crippen molar-refractivity contribution in [1.29, 1.82) is 0 Å². The van der Waals surface area contributed by atoms with Gasteiger partial charge >= 0.3 is 0 Å². The number of halogens is 3. The summed E-state index contributed by atoms with van der Waals surface area (Å²) in [6, 6.07) is 20.4. The maximum Gasteiger partial charge on any atom is 0.284 e. The minimum absolute atomic E-state index is 0.254. The van der Waals surface area contributed by atoms with Crippen LogP contribution in [0.3, 0.4) is 0 Å². The molecule has 3 aromatic carbocycles. The van der Waals surface area contributed by atoms with Crippen LogP contribution in [0, 0.1) is 10.8 Å². The number of hydrogen-bond acceptors (Lipinski definition) is 5. The lowest BCUT2D eigenvalue weighted by Gasteiger charge is -2.19. The van der Waals surface area contributed by atoms with Crippen LogP contribution in [-0.2, 0) is 6.42 Å². The van der Waals surface area contributed by atoms with Crippen molar-refractivity contribution in [3.63, 3.8) is 0 Å². The smallest absolute Gasteiger partial charge is 0.284 e. The van der Waals surface area contributed by atoms with Crippen molar-refractivity contribution in [3.8, 4) is 17.2 Å². The number of alkyl halides is 1. The van der Waals surface area contributed by atoms with Gasteiger partial charge in [-0.2, -0.15) is 0 Å². The lowest BCUT2D eigenvalue weighted by Crippen LogP contribution is -2.23. The van der Waals surface area contributed by atoms with Gasteiger partial charge in [-0.1, -0.05) is 47.5 Å². The Morgan fingerprint density at radius 3 is 2.60 bits per heavy atom. The zero-order chi connectivity index (χ0) is 29.1. The number of likely N-dealkylation sites (tertiary alicyclic amines) is 1. The van der Waals surface area contributed by atoms with Crippen LogP contribution in [0.2, 0.25) is 10.0 Å². The Morgan fingerprint density at radius 1 is 1.02 bits per heavy atom. The Balaban J connectivity index is 1.32. The summed E-state index contributed by atoms with van der Waals surface area (Å²) in [4.78, 5) is 2.59.